The molecule has 2 fully saturated rings. The van der Waals surface area contributed by atoms with E-state index in [1.165, 1.54) is 29.7 Å². The number of amides is 2. The van der Waals surface area contributed by atoms with E-state index in [4.69, 9.17) is 9.47 Å². The molecule has 39 heavy (non-hydrogen) atoms. The van der Waals surface area contributed by atoms with Crippen molar-refractivity contribution in [1.82, 2.24) is 10.6 Å². The second-order valence-corrected chi connectivity index (χ2v) is 10.5. The molecule has 2 aromatic carbocycles. The lowest BCUT2D eigenvalue weighted by atomic mass is 9.79. The molecule has 0 unspecified atom stereocenters. The first-order chi connectivity index (χ1) is 18.7. The molecule has 2 amide bonds. The number of benzene rings is 2. The molecular formula is C29H34F3N3O4. The Morgan fingerprint density at radius 2 is 1.87 bits per heavy atom. The molecule has 3 aliphatic rings. The predicted octanol–water partition coefficient (Wildman–Crippen LogP) is 4.53. The second kappa shape index (κ2) is 11.2. The van der Waals surface area contributed by atoms with E-state index in [-0.39, 0.29) is 29.9 Å². The number of nitrogens with one attached hydrogen (secondary N) is 2. The zero-order valence-corrected chi connectivity index (χ0v) is 22.0. The first kappa shape index (κ1) is 27.5. The van der Waals surface area contributed by atoms with E-state index in [9.17, 15) is 22.8 Å². The SMILES string of the molecule is CCO[C@H]1CN(c2cccc3c2COC32CCCCC2)C[C@@H]1NC(=O)CNC(=O)c1cccc(C(F)(F)F)c1. The number of anilines is 1. The second-order valence-electron chi connectivity index (χ2n) is 10.5. The Morgan fingerprint density at radius 3 is 2.62 bits per heavy atom. The van der Waals surface area contributed by atoms with Crippen molar-refractivity contribution in [2.75, 3.05) is 31.1 Å². The number of ether oxygens (including phenoxy) is 2. The van der Waals surface area contributed by atoms with Crippen molar-refractivity contribution in [2.24, 2.45) is 0 Å². The van der Waals surface area contributed by atoms with Gasteiger partial charge in [0.05, 0.1) is 36.5 Å². The summed E-state index contributed by atoms with van der Waals surface area (Å²) in [7, 11) is 0. The highest BCUT2D eigenvalue weighted by molar-refractivity contribution is 5.96. The van der Waals surface area contributed by atoms with Crippen LogP contribution < -0.4 is 15.5 Å². The molecular weight excluding hydrogens is 511 g/mol. The van der Waals surface area contributed by atoms with E-state index in [0.29, 0.717) is 26.3 Å². The maximum absolute atomic E-state index is 13.0. The summed E-state index contributed by atoms with van der Waals surface area (Å²) in [6.45, 7) is 3.72. The Labute approximate surface area is 226 Å². The van der Waals surface area contributed by atoms with Gasteiger partial charge in [-0.1, -0.05) is 37.5 Å². The van der Waals surface area contributed by atoms with Crippen LogP contribution in [0.4, 0.5) is 18.9 Å². The topological polar surface area (TPSA) is 79.9 Å². The molecule has 0 aromatic heterocycles. The molecule has 2 N–H and O–H groups in total. The summed E-state index contributed by atoms with van der Waals surface area (Å²) < 4.78 is 51.3. The third-order valence-corrected chi connectivity index (χ3v) is 7.99. The van der Waals surface area contributed by atoms with E-state index in [1.807, 2.05) is 6.92 Å². The number of carbonyl (C=O) groups is 2. The van der Waals surface area contributed by atoms with Gasteiger partial charge in [-0.15, -0.1) is 0 Å². The number of rotatable bonds is 7. The number of hydrogen-bond donors (Lipinski definition) is 2. The van der Waals surface area contributed by atoms with Gasteiger partial charge in [0.1, 0.15) is 0 Å². The minimum Gasteiger partial charge on any atom is -0.374 e. The third kappa shape index (κ3) is 5.77. The van der Waals surface area contributed by atoms with Gasteiger partial charge in [0.15, 0.2) is 0 Å². The van der Waals surface area contributed by atoms with E-state index in [2.05, 4.69) is 33.7 Å². The third-order valence-electron chi connectivity index (χ3n) is 7.99. The molecule has 2 heterocycles. The Kier molecular flexibility index (Phi) is 7.87. The summed E-state index contributed by atoms with van der Waals surface area (Å²) in [5, 5.41) is 5.37. The minimum absolute atomic E-state index is 0.159. The highest BCUT2D eigenvalue weighted by atomic mass is 19.4. The maximum atomic E-state index is 13.0. The van der Waals surface area contributed by atoms with E-state index >= 15 is 0 Å². The Morgan fingerprint density at radius 1 is 1.10 bits per heavy atom. The van der Waals surface area contributed by atoms with Crippen molar-refractivity contribution in [1.29, 1.82) is 0 Å². The summed E-state index contributed by atoms with van der Waals surface area (Å²) >= 11 is 0. The fraction of sp³-hybridized carbons (Fsp3) is 0.517. The average Bonchev–Trinajstić information content (AvgIpc) is 3.49. The molecule has 7 nitrogen and oxygen atoms in total. The molecule has 1 saturated carbocycles. The Bertz CT molecular complexity index is 1210. The van der Waals surface area contributed by atoms with Gasteiger partial charge in [-0.2, -0.15) is 13.2 Å². The molecule has 2 aliphatic heterocycles. The van der Waals surface area contributed by atoms with Gasteiger partial charge >= 0.3 is 6.18 Å². The Hall–Kier alpha value is -3.11. The maximum Gasteiger partial charge on any atom is 0.416 e. The van der Waals surface area contributed by atoms with Crippen LogP contribution in [0.25, 0.3) is 0 Å². The minimum atomic E-state index is -4.56. The van der Waals surface area contributed by atoms with Crippen LogP contribution in [0.5, 0.6) is 0 Å². The number of alkyl halides is 3. The molecule has 10 heteroatoms. The zero-order valence-electron chi connectivity index (χ0n) is 22.0. The van der Waals surface area contributed by atoms with Gasteiger partial charge in [-0.05, 0) is 49.6 Å². The van der Waals surface area contributed by atoms with Gasteiger partial charge in [-0.3, -0.25) is 9.59 Å². The van der Waals surface area contributed by atoms with Crippen LogP contribution in [-0.2, 0) is 32.7 Å². The fourth-order valence-electron chi connectivity index (χ4n) is 6.12. The van der Waals surface area contributed by atoms with E-state index in [1.54, 1.807) is 0 Å². The van der Waals surface area contributed by atoms with Crippen LogP contribution in [0.3, 0.4) is 0 Å². The molecule has 0 radical (unpaired) electrons. The molecule has 210 valence electrons. The summed E-state index contributed by atoms with van der Waals surface area (Å²) in [5.41, 5.74) is 2.31. The first-order valence-corrected chi connectivity index (χ1v) is 13.6. The first-order valence-electron chi connectivity index (χ1n) is 13.6. The lowest BCUT2D eigenvalue weighted by molar-refractivity contribution is -0.137. The van der Waals surface area contributed by atoms with Gasteiger partial charge in [0.2, 0.25) is 5.91 Å². The fourth-order valence-corrected chi connectivity index (χ4v) is 6.12. The number of fused-ring (bicyclic) bond motifs is 2. The van der Waals surface area contributed by atoms with Crippen LogP contribution in [0.15, 0.2) is 42.5 Å². The summed E-state index contributed by atoms with van der Waals surface area (Å²) in [5.74, 6) is -1.18. The molecule has 0 bridgehead atoms. The smallest absolute Gasteiger partial charge is 0.374 e. The van der Waals surface area contributed by atoms with Crippen LogP contribution in [0.2, 0.25) is 0 Å². The van der Waals surface area contributed by atoms with E-state index in [0.717, 1.165) is 43.5 Å². The van der Waals surface area contributed by atoms with Crippen molar-refractivity contribution in [3.63, 3.8) is 0 Å². The predicted molar refractivity (Wildman–Crippen MR) is 139 cm³/mol. The van der Waals surface area contributed by atoms with Gasteiger partial charge in [-0.25, -0.2) is 0 Å². The number of carbonyl (C=O) groups excluding carboxylic acids is 2. The van der Waals surface area contributed by atoms with Gasteiger partial charge < -0.3 is 25.0 Å². The van der Waals surface area contributed by atoms with Crippen molar-refractivity contribution in [2.45, 2.75) is 69.6 Å². The van der Waals surface area contributed by atoms with Crippen molar-refractivity contribution >= 4 is 17.5 Å². The van der Waals surface area contributed by atoms with Gasteiger partial charge in [0, 0.05) is 36.5 Å². The molecule has 1 spiro atoms. The molecule has 5 rings (SSSR count). The molecule has 1 saturated heterocycles. The number of halogens is 3. The van der Waals surface area contributed by atoms with Crippen LogP contribution >= 0.6 is 0 Å². The van der Waals surface area contributed by atoms with Crippen LogP contribution in [0.1, 0.15) is 66.1 Å². The van der Waals surface area contributed by atoms with Crippen LogP contribution in [-0.4, -0.2) is 50.2 Å². The molecule has 2 aromatic rings. The quantitative estimate of drug-likeness (QED) is 0.535. The lowest BCUT2D eigenvalue weighted by Crippen LogP contribution is -2.47. The van der Waals surface area contributed by atoms with E-state index < -0.39 is 23.6 Å². The number of nitrogens with zero attached hydrogens (tertiary/aromatic N) is 1. The monoisotopic (exact) mass is 545 g/mol. The average molecular weight is 546 g/mol. The van der Waals surface area contributed by atoms with Crippen molar-refractivity contribution in [3.8, 4) is 0 Å². The summed E-state index contributed by atoms with van der Waals surface area (Å²) in [4.78, 5) is 27.4. The standard InChI is InChI=1S/C29H34F3N3O4/c1-2-38-25-17-35(24-11-7-10-22-21(24)18-39-28(22)12-4-3-5-13-28)16-23(25)34-26(36)15-33-27(37)19-8-6-9-20(14-19)29(30,31)32/h6-11,14,23,25H,2-5,12-13,15-18H2,1H3,(H,33,37)(H,34,36)/t23-,25-/m0/s1. The molecule has 2 atom stereocenters. The summed E-state index contributed by atoms with van der Waals surface area (Å²) in [6.07, 6.45) is 0.838. The normalized spacial score (nSPS) is 22.1. The largest absolute Gasteiger partial charge is 0.416 e. The van der Waals surface area contributed by atoms with Crippen molar-refractivity contribution < 1.29 is 32.2 Å². The highest BCUT2D eigenvalue weighted by Crippen LogP contribution is 2.49. The Balaban J connectivity index is 1.23. The lowest BCUT2D eigenvalue weighted by Gasteiger charge is -2.33. The zero-order chi connectivity index (χ0) is 27.6. The highest BCUT2D eigenvalue weighted by Gasteiger charge is 2.43. The van der Waals surface area contributed by atoms with Crippen molar-refractivity contribution in [3.05, 3.63) is 64.7 Å². The molecule has 1 aliphatic carbocycles. The van der Waals surface area contributed by atoms with Gasteiger partial charge in [0.25, 0.3) is 5.91 Å². The summed E-state index contributed by atoms with van der Waals surface area (Å²) in [6, 6.07) is 10.1. The number of hydrogen-bond acceptors (Lipinski definition) is 5. The van der Waals surface area contributed by atoms with Crippen LogP contribution in [0, 0.1) is 0 Å².